The Bertz CT molecular complexity index is 419. The lowest BCUT2D eigenvalue weighted by molar-refractivity contribution is 0.0743. The summed E-state index contributed by atoms with van der Waals surface area (Å²) in [7, 11) is 1.86. The molecule has 1 fully saturated rings. The van der Waals surface area contributed by atoms with Gasteiger partial charge in [-0.15, -0.1) is 0 Å². The van der Waals surface area contributed by atoms with Crippen LogP contribution in [0.25, 0.3) is 0 Å². The van der Waals surface area contributed by atoms with Gasteiger partial charge in [0, 0.05) is 36.8 Å². The summed E-state index contributed by atoms with van der Waals surface area (Å²) in [5, 5.41) is 1.00. The van der Waals surface area contributed by atoms with E-state index in [1.165, 1.54) is 0 Å². The Morgan fingerprint density at radius 1 is 1.41 bits per heavy atom. The number of nitrogen functional groups attached to an aromatic ring is 1. The SMILES string of the molecule is CC1CN(C(=O)c2cc(N)cn2C)CC(C)S1. The highest BCUT2D eigenvalue weighted by atomic mass is 32.2. The van der Waals surface area contributed by atoms with Crippen LogP contribution in [0.5, 0.6) is 0 Å². The minimum atomic E-state index is 0.0863. The van der Waals surface area contributed by atoms with Crippen molar-refractivity contribution in [2.45, 2.75) is 24.3 Å². The third-order valence-corrected chi connectivity index (χ3v) is 4.18. The Morgan fingerprint density at radius 2 is 2.00 bits per heavy atom. The second-order valence-corrected chi connectivity index (χ2v) is 6.62. The molecule has 4 nitrogen and oxygen atoms in total. The van der Waals surface area contributed by atoms with E-state index in [9.17, 15) is 4.79 Å². The predicted molar refractivity (Wildman–Crippen MR) is 72.2 cm³/mol. The average molecular weight is 253 g/mol. The number of rotatable bonds is 1. The van der Waals surface area contributed by atoms with Gasteiger partial charge in [0.25, 0.3) is 5.91 Å². The second-order valence-electron chi connectivity index (χ2n) is 4.74. The summed E-state index contributed by atoms with van der Waals surface area (Å²) in [5.74, 6) is 0.0863. The van der Waals surface area contributed by atoms with Crippen molar-refractivity contribution in [2.75, 3.05) is 18.8 Å². The maximum absolute atomic E-state index is 12.4. The first-order chi connectivity index (χ1) is 7.97. The Kier molecular flexibility index (Phi) is 3.38. The number of anilines is 1. The van der Waals surface area contributed by atoms with Gasteiger partial charge in [0.2, 0.25) is 0 Å². The first-order valence-electron chi connectivity index (χ1n) is 5.84. The predicted octanol–water partition coefficient (Wildman–Crippen LogP) is 1.57. The van der Waals surface area contributed by atoms with Gasteiger partial charge in [-0.3, -0.25) is 4.79 Å². The number of carbonyl (C=O) groups is 1. The summed E-state index contributed by atoms with van der Waals surface area (Å²) < 4.78 is 1.80. The molecule has 0 spiro atoms. The second kappa shape index (κ2) is 4.64. The van der Waals surface area contributed by atoms with Gasteiger partial charge in [-0.1, -0.05) is 13.8 Å². The number of nitrogens with zero attached hydrogens (tertiary/aromatic N) is 2. The molecule has 1 aromatic rings. The number of hydrogen-bond acceptors (Lipinski definition) is 3. The number of nitrogens with two attached hydrogens (primary N) is 1. The van der Waals surface area contributed by atoms with Gasteiger partial charge >= 0.3 is 0 Å². The van der Waals surface area contributed by atoms with Crippen molar-refractivity contribution < 1.29 is 4.79 Å². The fraction of sp³-hybridized carbons (Fsp3) is 0.583. The van der Waals surface area contributed by atoms with Gasteiger partial charge in [-0.2, -0.15) is 11.8 Å². The Hall–Kier alpha value is -1.10. The summed E-state index contributed by atoms with van der Waals surface area (Å²) >= 11 is 1.94. The van der Waals surface area contributed by atoms with E-state index in [1.807, 2.05) is 23.7 Å². The molecule has 1 aromatic heterocycles. The maximum atomic E-state index is 12.4. The van der Waals surface area contributed by atoms with E-state index in [4.69, 9.17) is 5.73 Å². The molecule has 1 aliphatic rings. The molecule has 0 saturated carbocycles. The smallest absolute Gasteiger partial charge is 0.270 e. The third kappa shape index (κ3) is 2.60. The van der Waals surface area contributed by atoms with Crippen LogP contribution in [0.1, 0.15) is 24.3 Å². The van der Waals surface area contributed by atoms with E-state index in [-0.39, 0.29) is 5.91 Å². The lowest BCUT2D eigenvalue weighted by atomic mass is 10.3. The lowest BCUT2D eigenvalue weighted by Gasteiger charge is -2.34. The highest BCUT2D eigenvalue weighted by molar-refractivity contribution is 8.00. The summed E-state index contributed by atoms with van der Waals surface area (Å²) in [4.78, 5) is 14.3. The molecule has 2 heterocycles. The van der Waals surface area contributed by atoms with Crippen molar-refractivity contribution in [2.24, 2.45) is 7.05 Å². The van der Waals surface area contributed by atoms with Crippen LogP contribution < -0.4 is 5.73 Å². The van der Waals surface area contributed by atoms with Crippen LogP contribution in [0, 0.1) is 0 Å². The molecule has 0 bridgehead atoms. The molecule has 1 saturated heterocycles. The monoisotopic (exact) mass is 253 g/mol. The Balaban J connectivity index is 2.17. The minimum Gasteiger partial charge on any atom is -0.397 e. The maximum Gasteiger partial charge on any atom is 0.270 e. The van der Waals surface area contributed by atoms with E-state index in [1.54, 1.807) is 16.8 Å². The molecular weight excluding hydrogens is 234 g/mol. The normalized spacial score (nSPS) is 25.0. The molecule has 2 rings (SSSR count). The number of hydrogen-bond donors (Lipinski definition) is 1. The molecule has 17 heavy (non-hydrogen) atoms. The van der Waals surface area contributed by atoms with Crippen LogP contribution in [0.3, 0.4) is 0 Å². The van der Waals surface area contributed by atoms with Crippen molar-refractivity contribution >= 4 is 23.4 Å². The first kappa shape index (κ1) is 12.4. The number of aromatic nitrogens is 1. The van der Waals surface area contributed by atoms with Crippen molar-refractivity contribution in [1.82, 2.24) is 9.47 Å². The van der Waals surface area contributed by atoms with E-state index >= 15 is 0 Å². The number of carbonyl (C=O) groups excluding carboxylic acids is 1. The fourth-order valence-electron chi connectivity index (χ4n) is 2.31. The Morgan fingerprint density at radius 3 is 2.47 bits per heavy atom. The molecule has 94 valence electrons. The highest BCUT2D eigenvalue weighted by Gasteiger charge is 2.27. The van der Waals surface area contributed by atoms with Crippen molar-refractivity contribution in [3.8, 4) is 0 Å². The number of amides is 1. The molecule has 0 radical (unpaired) electrons. The van der Waals surface area contributed by atoms with Gasteiger partial charge in [0.05, 0.1) is 5.69 Å². The van der Waals surface area contributed by atoms with Crippen LogP contribution >= 0.6 is 11.8 Å². The zero-order chi connectivity index (χ0) is 12.6. The van der Waals surface area contributed by atoms with Crippen LogP contribution in [0.15, 0.2) is 12.3 Å². The number of aryl methyl sites for hydroxylation is 1. The largest absolute Gasteiger partial charge is 0.397 e. The van der Waals surface area contributed by atoms with Gasteiger partial charge in [0.15, 0.2) is 0 Å². The van der Waals surface area contributed by atoms with Crippen LogP contribution in [0.2, 0.25) is 0 Å². The quantitative estimate of drug-likeness (QED) is 0.826. The van der Waals surface area contributed by atoms with E-state index in [0.29, 0.717) is 21.9 Å². The van der Waals surface area contributed by atoms with Gasteiger partial charge < -0.3 is 15.2 Å². The summed E-state index contributed by atoms with van der Waals surface area (Å²) in [6.07, 6.45) is 1.78. The molecule has 0 aromatic carbocycles. The zero-order valence-corrected chi connectivity index (χ0v) is 11.3. The van der Waals surface area contributed by atoms with Crippen LogP contribution in [-0.2, 0) is 7.05 Å². The van der Waals surface area contributed by atoms with E-state index in [2.05, 4.69) is 13.8 Å². The van der Waals surface area contributed by atoms with Gasteiger partial charge in [-0.05, 0) is 6.07 Å². The van der Waals surface area contributed by atoms with E-state index in [0.717, 1.165) is 13.1 Å². The lowest BCUT2D eigenvalue weighted by Crippen LogP contribution is -2.44. The molecule has 1 amide bonds. The molecule has 1 aliphatic heterocycles. The molecule has 2 N–H and O–H groups in total. The van der Waals surface area contributed by atoms with E-state index < -0.39 is 0 Å². The third-order valence-electron chi connectivity index (χ3n) is 2.95. The average Bonchev–Trinajstić information content (AvgIpc) is 2.55. The van der Waals surface area contributed by atoms with Crippen molar-refractivity contribution in [3.63, 3.8) is 0 Å². The summed E-state index contributed by atoms with van der Waals surface area (Å²) in [5.41, 5.74) is 7.02. The topological polar surface area (TPSA) is 51.3 Å². The van der Waals surface area contributed by atoms with Crippen LogP contribution in [0.4, 0.5) is 5.69 Å². The van der Waals surface area contributed by atoms with Crippen molar-refractivity contribution in [1.29, 1.82) is 0 Å². The molecule has 5 heteroatoms. The summed E-state index contributed by atoms with van der Waals surface area (Å²) in [6, 6.07) is 1.75. The minimum absolute atomic E-state index is 0.0863. The fourth-order valence-corrected chi connectivity index (χ4v) is 3.63. The van der Waals surface area contributed by atoms with Gasteiger partial charge in [0.1, 0.15) is 5.69 Å². The highest BCUT2D eigenvalue weighted by Crippen LogP contribution is 2.26. The van der Waals surface area contributed by atoms with Gasteiger partial charge in [-0.25, -0.2) is 0 Å². The molecule has 2 atom stereocenters. The molecular formula is C12H19N3OS. The first-order valence-corrected chi connectivity index (χ1v) is 6.78. The number of thioether (sulfide) groups is 1. The standard InChI is InChI=1S/C12H19N3OS/c1-8-5-15(6-9(2)17-8)12(16)11-4-10(13)7-14(11)3/h4,7-9H,5-6,13H2,1-3H3. The summed E-state index contributed by atoms with van der Waals surface area (Å²) in [6.45, 7) is 5.97. The molecule has 2 unspecified atom stereocenters. The molecule has 0 aliphatic carbocycles. The zero-order valence-electron chi connectivity index (χ0n) is 10.5. The Labute approximate surface area is 106 Å². The van der Waals surface area contributed by atoms with Crippen molar-refractivity contribution in [3.05, 3.63) is 18.0 Å². The van der Waals surface area contributed by atoms with Crippen LogP contribution in [-0.4, -0.2) is 39.0 Å².